The normalized spacial score (nSPS) is 13.1. The van der Waals surface area contributed by atoms with Crippen LogP contribution in [0.3, 0.4) is 0 Å². The Labute approximate surface area is 248 Å². The van der Waals surface area contributed by atoms with Gasteiger partial charge in [-0.25, -0.2) is 19.7 Å². The Morgan fingerprint density at radius 3 is 2.16 bits per heavy atom. The maximum absolute atomic E-state index is 12.6. The fourth-order valence-corrected chi connectivity index (χ4v) is 4.80. The molecule has 5 aromatic rings. The second-order valence-corrected chi connectivity index (χ2v) is 10.4. The van der Waals surface area contributed by atoms with Crippen LogP contribution in [0.2, 0.25) is 0 Å². The number of hydrogen-bond acceptors (Lipinski definition) is 8. The van der Waals surface area contributed by atoms with E-state index in [9.17, 15) is 9.59 Å². The summed E-state index contributed by atoms with van der Waals surface area (Å²) in [6, 6.07) is 19.5. The fraction of sp³-hybridized carbons (Fsp3) is 0.219. The lowest BCUT2D eigenvalue weighted by Crippen LogP contribution is -2.37. The van der Waals surface area contributed by atoms with Gasteiger partial charge in [0.25, 0.3) is 5.91 Å². The SMILES string of the molecule is Cc1ccc(-c2cnc3c(N4CCOCC4)nc(-c4ccc(NC(=O)Nc5ccc(C(=O)N(C)C)cc5)cc4)nc3c2)o1. The number of aromatic nitrogens is 3. The quantitative estimate of drug-likeness (QED) is 0.273. The van der Waals surface area contributed by atoms with Crippen molar-refractivity contribution in [1.29, 1.82) is 0 Å². The van der Waals surface area contributed by atoms with Crippen LogP contribution in [0.4, 0.5) is 22.0 Å². The van der Waals surface area contributed by atoms with E-state index in [4.69, 9.17) is 24.1 Å². The van der Waals surface area contributed by atoms with Gasteiger partial charge in [0.1, 0.15) is 17.0 Å². The summed E-state index contributed by atoms with van der Waals surface area (Å²) in [5, 5.41) is 5.62. The average Bonchev–Trinajstić information content (AvgIpc) is 3.47. The number of ether oxygens (including phenoxy) is 1. The van der Waals surface area contributed by atoms with Crippen LogP contribution in [0.5, 0.6) is 0 Å². The summed E-state index contributed by atoms with van der Waals surface area (Å²) in [5.41, 5.74) is 4.77. The molecule has 1 fully saturated rings. The molecule has 3 aromatic heterocycles. The summed E-state index contributed by atoms with van der Waals surface area (Å²) in [6.45, 7) is 4.55. The van der Waals surface area contributed by atoms with Crippen molar-refractivity contribution in [1.82, 2.24) is 19.9 Å². The Kier molecular flexibility index (Phi) is 7.71. The van der Waals surface area contributed by atoms with Gasteiger partial charge in [-0.05, 0) is 73.7 Å². The number of urea groups is 1. The number of anilines is 3. The van der Waals surface area contributed by atoms with E-state index < -0.39 is 6.03 Å². The molecule has 11 heteroatoms. The lowest BCUT2D eigenvalue weighted by molar-refractivity contribution is 0.0827. The van der Waals surface area contributed by atoms with Crippen LogP contribution in [0, 0.1) is 6.92 Å². The number of benzene rings is 2. The van der Waals surface area contributed by atoms with Crippen LogP contribution in [-0.2, 0) is 4.74 Å². The third-order valence-corrected chi connectivity index (χ3v) is 7.05. The maximum atomic E-state index is 12.6. The molecule has 0 spiro atoms. The van der Waals surface area contributed by atoms with Gasteiger partial charge in [0.05, 0.1) is 18.7 Å². The van der Waals surface area contributed by atoms with Crippen molar-refractivity contribution in [3.63, 3.8) is 0 Å². The summed E-state index contributed by atoms with van der Waals surface area (Å²) >= 11 is 0. The number of hydrogen-bond donors (Lipinski definition) is 2. The van der Waals surface area contributed by atoms with E-state index >= 15 is 0 Å². The van der Waals surface area contributed by atoms with Gasteiger partial charge >= 0.3 is 6.03 Å². The number of fused-ring (bicyclic) bond motifs is 1. The average molecular weight is 578 g/mol. The van der Waals surface area contributed by atoms with Gasteiger partial charge in [-0.3, -0.25) is 4.79 Å². The number of rotatable bonds is 6. The Hall–Kier alpha value is -5.29. The predicted molar refractivity (Wildman–Crippen MR) is 165 cm³/mol. The van der Waals surface area contributed by atoms with Crippen molar-refractivity contribution in [2.24, 2.45) is 0 Å². The van der Waals surface area contributed by atoms with E-state index in [2.05, 4.69) is 15.5 Å². The van der Waals surface area contributed by atoms with Crippen molar-refractivity contribution in [3.05, 3.63) is 84.3 Å². The minimum Gasteiger partial charge on any atom is -0.461 e. The van der Waals surface area contributed by atoms with Crippen LogP contribution in [0.25, 0.3) is 33.7 Å². The lowest BCUT2D eigenvalue weighted by Gasteiger charge is -2.28. The van der Waals surface area contributed by atoms with E-state index in [1.54, 1.807) is 56.7 Å². The van der Waals surface area contributed by atoms with Crippen LogP contribution >= 0.6 is 0 Å². The van der Waals surface area contributed by atoms with Crippen molar-refractivity contribution in [2.75, 3.05) is 55.9 Å². The first-order valence-electron chi connectivity index (χ1n) is 13.9. The van der Waals surface area contributed by atoms with Gasteiger partial charge in [-0.1, -0.05) is 0 Å². The number of nitrogens with zero attached hydrogens (tertiary/aromatic N) is 5. The molecule has 1 aliphatic heterocycles. The zero-order chi connectivity index (χ0) is 29.9. The molecule has 43 heavy (non-hydrogen) atoms. The number of morpholine rings is 1. The molecule has 1 aliphatic rings. The highest BCUT2D eigenvalue weighted by atomic mass is 16.5. The number of aryl methyl sites for hydroxylation is 1. The zero-order valence-electron chi connectivity index (χ0n) is 24.1. The van der Waals surface area contributed by atoms with Gasteiger partial charge in [0.2, 0.25) is 0 Å². The highest BCUT2D eigenvalue weighted by molar-refractivity contribution is 6.00. The van der Waals surface area contributed by atoms with Gasteiger partial charge in [-0.2, -0.15) is 0 Å². The van der Waals surface area contributed by atoms with Crippen LogP contribution in [0.15, 0.2) is 77.3 Å². The molecule has 0 bridgehead atoms. The number of carbonyl (C=O) groups excluding carboxylic acids is 2. The Morgan fingerprint density at radius 1 is 0.860 bits per heavy atom. The Balaban J connectivity index is 1.23. The molecule has 4 heterocycles. The molecule has 0 radical (unpaired) electrons. The number of nitrogens with one attached hydrogen (secondary N) is 2. The standard InChI is InChI=1S/C32H31N7O4/c1-20-4-13-27(43-20)23-18-26-28(33-19-23)30(39-14-16-42-17-15-39)37-29(36-26)21-5-9-24(10-6-21)34-32(41)35-25-11-7-22(8-12-25)31(40)38(2)3/h4-13,18-19H,14-17H2,1-3H3,(H2,34,35,41). The molecule has 11 nitrogen and oxygen atoms in total. The zero-order valence-corrected chi connectivity index (χ0v) is 24.1. The monoisotopic (exact) mass is 577 g/mol. The largest absolute Gasteiger partial charge is 0.461 e. The first-order valence-corrected chi connectivity index (χ1v) is 13.9. The molecule has 2 N–H and O–H groups in total. The molecule has 218 valence electrons. The van der Waals surface area contributed by atoms with E-state index in [0.717, 1.165) is 28.5 Å². The van der Waals surface area contributed by atoms with Crippen LogP contribution in [-0.4, -0.2) is 72.2 Å². The first-order chi connectivity index (χ1) is 20.8. The third kappa shape index (κ3) is 6.16. The van der Waals surface area contributed by atoms with Crippen molar-refractivity contribution >= 4 is 40.2 Å². The highest BCUT2D eigenvalue weighted by Crippen LogP contribution is 2.31. The van der Waals surface area contributed by atoms with Gasteiger partial charge in [-0.15, -0.1) is 0 Å². The number of carbonyl (C=O) groups is 2. The molecule has 0 unspecified atom stereocenters. The van der Waals surface area contributed by atoms with Crippen molar-refractivity contribution in [3.8, 4) is 22.7 Å². The minimum absolute atomic E-state index is 0.104. The second kappa shape index (κ2) is 11.9. The van der Waals surface area contributed by atoms with E-state index in [-0.39, 0.29) is 5.91 Å². The van der Waals surface area contributed by atoms with E-state index in [0.29, 0.717) is 60.1 Å². The molecular weight excluding hydrogens is 546 g/mol. The molecule has 2 aromatic carbocycles. The molecular formula is C32H31N7O4. The molecule has 1 saturated heterocycles. The third-order valence-electron chi connectivity index (χ3n) is 7.05. The van der Waals surface area contributed by atoms with Gasteiger partial charge in [0, 0.05) is 61.4 Å². The number of furan rings is 1. The summed E-state index contributed by atoms with van der Waals surface area (Å²) in [4.78, 5) is 42.9. The maximum Gasteiger partial charge on any atom is 0.323 e. The van der Waals surface area contributed by atoms with Crippen molar-refractivity contribution < 1.29 is 18.7 Å². The number of pyridine rings is 1. The summed E-state index contributed by atoms with van der Waals surface area (Å²) in [7, 11) is 3.39. The molecule has 6 rings (SSSR count). The molecule has 0 saturated carbocycles. The van der Waals surface area contributed by atoms with Crippen LogP contribution in [0.1, 0.15) is 16.1 Å². The smallest absolute Gasteiger partial charge is 0.323 e. The summed E-state index contributed by atoms with van der Waals surface area (Å²) < 4.78 is 11.4. The van der Waals surface area contributed by atoms with Gasteiger partial charge in [0.15, 0.2) is 11.6 Å². The summed E-state index contributed by atoms with van der Waals surface area (Å²) in [6.07, 6.45) is 1.79. The van der Waals surface area contributed by atoms with Crippen molar-refractivity contribution in [2.45, 2.75) is 6.92 Å². The second-order valence-electron chi connectivity index (χ2n) is 10.4. The fourth-order valence-electron chi connectivity index (χ4n) is 4.80. The predicted octanol–water partition coefficient (Wildman–Crippen LogP) is 5.44. The van der Waals surface area contributed by atoms with Crippen LogP contribution < -0.4 is 15.5 Å². The first kappa shape index (κ1) is 27.9. The van der Waals surface area contributed by atoms with E-state index in [1.165, 1.54) is 4.90 Å². The topological polar surface area (TPSA) is 126 Å². The Bertz CT molecular complexity index is 1780. The minimum atomic E-state index is -0.400. The number of amides is 3. The van der Waals surface area contributed by atoms with Gasteiger partial charge < -0.3 is 29.6 Å². The van der Waals surface area contributed by atoms with E-state index in [1.807, 2.05) is 37.3 Å². The highest BCUT2D eigenvalue weighted by Gasteiger charge is 2.20. The molecule has 0 atom stereocenters. The molecule has 0 aliphatic carbocycles. The lowest BCUT2D eigenvalue weighted by atomic mass is 10.1. The molecule has 3 amide bonds. The summed E-state index contributed by atoms with van der Waals surface area (Å²) in [5.74, 6) is 2.75. The Morgan fingerprint density at radius 2 is 1.53 bits per heavy atom.